The van der Waals surface area contributed by atoms with Crippen molar-refractivity contribution in [1.82, 2.24) is 5.32 Å². The number of para-hydroxylation sites is 1. The SMILES string of the molecule is COc1ccccc1C(C)NC1CCCCCC1O. The monoisotopic (exact) mass is 263 g/mol. The van der Waals surface area contributed by atoms with Gasteiger partial charge in [-0.15, -0.1) is 0 Å². The number of nitrogens with one attached hydrogen (secondary N) is 1. The maximum Gasteiger partial charge on any atom is 0.123 e. The Bertz CT molecular complexity index is 394. The molecule has 0 radical (unpaired) electrons. The molecule has 3 heteroatoms. The van der Waals surface area contributed by atoms with Crippen molar-refractivity contribution in [1.29, 1.82) is 0 Å². The van der Waals surface area contributed by atoms with Gasteiger partial charge < -0.3 is 15.2 Å². The van der Waals surface area contributed by atoms with Gasteiger partial charge in [0.05, 0.1) is 13.2 Å². The summed E-state index contributed by atoms with van der Waals surface area (Å²) in [6.07, 6.45) is 5.32. The van der Waals surface area contributed by atoms with E-state index in [1.807, 2.05) is 18.2 Å². The summed E-state index contributed by atoms with van der Waals surface area (Å²) in [5.74, 6) is 0.908. The molecular weight excluding hydrogens is 238 g/mol. The van der Waals surface area contributed by atoms with Gasteiger partial charge in [-0.2, -0.15) is 0 Å². The van der Waals surface area contributed by atoms with Crippen LogP contribution in [-0.4, -0.2) is 24.4 Å². The summed E-state index contributed by atoms with van der Waals surface area (Å²) in [7, 11) is 1.70. The van der Waals surface area contributed by atoms with Crippen LogP contribution in [-0.2, 0) is 0 Å². The second kappa shape index (κ2) is 6.92. The molecule has 3 nitrogen and oxygen atoms in total. The number of hydrogen-bond acceptors (Lipinski definition) is 3. The van der Waals surface area contributed by atoms with Crippen LogP contribution in [0, 0.1) is 0 Å². The van der Waals surface area contributed by atoms with Gasteiger partial charge in [-0.05, 0) is 25.8 Å². The molecule has 0 aromatic heterocycles. The maximum absolute atomic E-state index is 10.2. The molecule has 2 N–H and O–H groups in total. The average Bonchev–Trinajstić information content (AvgIpc) is 2.64. The Morgan fingerprint density at radius 3 is 2.74 bits per heavy atom. The van der Waals surface area contributed by atoms with Crippen LogP contribution in [0.1, 0.15) is 50.6 Å². The van der Waals surface area contributed by atoms with Crippen molar-refractivity contribution in [2.75, 3.05) is 7.11 Å². The van der Waals surface area contributed by atoms with Crippen molar-refractivity contribution in [2.24, 2.45) is 0 Å². The molecule has 0 spiro atoms. The highest BCUT2D eigenvalue weighted by Gasteiger charge is 2.24. The van der Waals surface area contributed by atoms with E-state index in [9.17, 15) is 5.11 Å². The van der Waals surface area contributed by atoms with Crippen molar-refractivity contribution < 1.29 is 9.84 Å². The van der Waals surface area contributed by atoms with Crippen molar-refractivity contribution in [3.8, 4) is 5.75 Å². The van der Waals surface area contributed by atoms with E-state index >= 15 is 0 Å². The molecule has 19 heavy (non-hydrogen) atoms. The molecular formula is C16H25NO2. The second-order valence-corrected chi connectivity index (χ2v) is 5.44. The van der Waals surface area contributed by atoms with E-state index in [-0.39, 0.29) is 18.2 Å². The zero-order chi connectivity index (χ0) is 13.7. The molecule has 1 saturated carbocycles. The van der Waals surface area contributed by atoms with Crippen LogP contribution in [0.25, 0.3) is 0 Å². The first-order chi connectivity index (χ1) is 9.22. The second-order valence-electron chi connectivity index (χ2n) is 5.44. The lowest BCUT2D eigenvalue weighted by atomic mass is 10.0. The predicted octanol–water partition coefficient (Wildman–Crippen LogP) is 3.04. The topological polar surface area (TPSA) is 41.5 Å². The first-order valence-electron chi connectivity index (χ1n) is 7.29. The van der Waals surface area contributed by atoms with Gasteiger partial charge in [0, 0.05) is 17.6 Å². The highest BCUT2D eigenvalue weighted by molar-refractivity contribution is 5.35. The van der Waals surface area contributed by atoms with E-state index in [0.29, 0.717) is 0 Å². The Hall–Kier alpha value is -1.06. The summed E-state index contributed by atoms with van der Waals surface area (Å²) >= 11 is 0. The van der Waals surface area contributed by atoms with E-state index in [0.717, 1.165) is 30.6 Å². The van der Waals surface area contributed by atoms with Gasteiger partial charge in [0.15, 0.2) is 0 Å². The third-order valence-corrected chi connectivity index (χ3v) is 4.05. The van der Waals surface area contributed by atoms with Crippen LogP contribution in [0.15, 0.2) is 24.3 Å². The Kier molecular flexibility index (Phi) is 5.23. The van der Waals surface area contributed by atoms with E-state index in [2.05, 4.69) is 18.3 Å². The van der Waals surface area contributed by atoms with Crippen molar-refractivity contribution >= 4 is 0 Å². The number of methoxy groups -OCH3 is 1. The minimum absolute atomic E-state index is 0.189. The van der Waals surface area contributed by atoms with Crippen LogP contribution in [0.2, 0.25) is 0 Å². The molecule has 3 atom stereocenters. The Morgan fingerprint density at radius 1 is 1.21 bits per heavy atom. The molecule has 1 fully saturated rings. The quantitative estimate of drug-likeness (QED) is 0.820. The average molecular weight is 263 g/mol. The molecule has 1 aromatic carbocycles. The molecule has 3 unspecified atom stereocenters. The molecule has 1 aliphatic rings. The highest BCUT2D eigenvalue weighted by Crippen LogP contribution is 2.27. The summed E-state index contributed by atoms with van der Waals surface area (Å²) in [5.41, 5.74) is 1.15. The molecule has 0 heterocycles. The minimum atomic E-state index is -0.223. The Labute approximate surface area is 116 Å². The van der Waals surface area contributed by atoms with Crippen LogP contribution < -0.4 is 10.1 Å². The van der Waals surface area contributed by atoms with Gasteiger partial charge in [0.2, 0.25) is 0 Å². The number of hydrogen-bond donors (Lipinski definition) is 2. The number of benzene rings is 1. The molecule has 2 rings (SSSR count). The summed E-state index contributed by atoms with van der Waals surface area (Å²) in [5, 5.41) is 13.7. The lowest BCUT2D eigenvalue weighted by Gasteiger charge is -2.27. The summed E-state index contributed by atoms with van der Waals surface area (Å²) in [6, 6.07) is 8.46. The predicted molar refractivity (Wildman–Crippen MR) is 77.4 cm³/mol. The minimum Gasteiger partial charge on any atom is -0.496 e. The largest absolute Gasteiger partial charge is 0.496 e. The molecule has 1 aliphatic carbocycles. The number of aliphatic hydroxyl groups excluding tert-OH is 1. The zero-order valence-electron chi connectivity index (χ0n) is 11.9. The van der Waals surface area contributed by atoms with Crippen LogP contribution in [0.4, 0.5) is 0 Å². The molecule has 0 amide bonds. The summed E-state index contributed by atoms with van der Waals surface area (Å²) < 4.78 is 5.40. The van der Waals surface area contributed by atoms with Gasteiger partial charge in [-0.3, -0.25) is 0 Å². The summed E-state index contributed by atoms with van der Waals surface area (Å²) in [6.45, 7) is 2.13. The van der Waals surface area contributed by atoms with E-state index in [1.165, 1.54) is 12.8 Å². The van der Waals surface area contributed by atoms with E-state index < -0.39 is 0 Å². The Morgan fingerprint density at radius 2 is 1.95 bits per heavy atom. The Balaban J connectivity index is 2.04. The van der Waals surface area contributed by atoms with Crippen LogP contribution >= 0.6 is 0 Å². The fourth-order valence-corrected chi connectivity index (χ4v) is 2.92. The number of ether oxygens (including phenoxy) is 1. The lowest BCUT2D eigenvalue weighted by Crippen LogP contribution is -2.40. The smallest absolute Gasteiger partial charge is 0.123 e. The first-order valence-corrected chi connectivity index (χ1v) is 7.29. The van der Waals surface area contributed by atoms with Crippen molar-refractivity contribution in [3.05, 3.63) is 29.8 Å². The van der Waals surface area contributed by atoms with Gasteiger partial charge in [-0.25, -0.2) is 0 Å². The standard InChI is InChI=1S/C16H25NO2/c1-12(13-8-6-7-11-16(13)19-2)17-14-9-4-3-5-10-15(14)18/h6-8,11-12,14-15,17-18H,3-5,9-10H2,1-2H3. The first kappa shape index (κ1) is 14.4. The summed E-state index contributed by atoms with van der Waals surface area (Å²) in [4.78, 5) is 0. The third kappa shape index (κ3) is 3.71. The number of aliphatic hydroxyl groups is 1. The number of rotatable bonds is 4. The third-order valence-electron chi connectivity index (χ3n) is 4.05. The maximum atomic E-state index is 10.2. The normalized spacial score (nSPS) is 25.6. The van der Waals surface area contributed by atoms with Crippen molar-refractivity contribution in [3.63, 3.8) is 0 Å². The lowest BCUT2D eigenvalue weighted by molar-refractivity contribution is 0.114. The van der Waals surface area contributed by atoms with E-state index in [1.54, 1.807) is 7.11 Å². The van der Waals surface area contributed by atoms with Gasteiger partial charge in [0.1, 0.15) is 5.75 Å². The van der Waals surface area contributed by atoms with Crippen LogP contribution in [0.3, 0.4) is 0 Å². The fraction of sp³-hybridized carbons (Fsp3) is 0.625. The highest BCUT2D eigenvalue weighted by atomic mass is 16.5. The molecule has 106 valence electrons. The van der Waals surface area contributed by atoms with Gasteiger partial charge >= 0.3 is 0 Å². The van der Waals surface area contributed by atoms with Gasteiger partial charge in [-0.1, -0.05) is 37.5 Å². The van der Waals surface area contributed by atoms with Crippen LogP contribution in [0.5, 0.6) is 5.75 Å². The molecule has 0 bridgehead atoms. The zero-order valence-corrected chi connectivity index (χ0v) is 11.9. The fourth-order valence-electron chi connectivity index (χ4n) is 2.92. The molecule has 0 aliphatic heterocycles. The van der Waals surface area contributed by atoms with E-state index in [4.69, 9.17) is 4.74 Å². The molecule has 0 saturated heterocycles. The molecule has 1 aromatic rings. The van der Waals surface area contributed by atoms with Crippen molar-refractivity contribution in [2.45, 2.75) is 57.2 Å². The van der Waals surface area contributed by atoms with Gasteiger partial charge in [0.25, 0.3) is 0 Å².